The second kappa shape index (κ2) is 7.45. The topological polar surface area (TPSA) is 52.6 Å². The van der Waals surface area contributed by atoms with Crippen LogP contribution in [0.2, 0.25) is 0 Å². The van der Waals surface area contributed by atoms with Crippen molar-refractivity contribution in [1.29, 1.82) is 0 Å². The highest BCUT2D eigenvalue weighted by Gasteiger charge is 2.13. The van der Waals surface area contributed by atoms with Crippen molar-refractivity contribution < 1.29 is 9.90 Å². The summed E-state index contributed by atoms with van der Waals surface area (Å²) in [7, 11) is 0. The van der Waals surface area contributed by atoms with Crippen LogP contribution in [0.3, 0.4) is 0 Å². The van der Waals surface area contributed by atoms with Crippen LogP contribution < -0.4 is 5.32 Å². The Balaban J connectivity index is 2.68. The van der Waals surface area contributed by atoms with Crippen LogP contribution in [0.25, 0.3) is 0 Å². The number of carboxylic acid groups (broad SMARTS) is 1. The van der Waals surface area contributed by atoms with E-state index in [1.54, 1.807) is 11.0 Å². The molecule has 0 aliphatic heterocycles. The van der Waals surface area contributed by atoms with Gasteiger partial charge in [0.05, 0.1) is 0 Å². The van der Waals surface area contributed by atoms with E-state index in [0.29, 0.717) is 18.2 Å². The maximum absolute atomic E-state index is 10.8. The second-order valence-corrected chi connectivity index (χ2v) is 4.10. The predicted molar refractivity (Wildman–Crippen MR) is 75.3 cm³/mol. The second-order valence-electron chi connectivity index (χ2n) is 3.71. The minimum absolute atomic E-state index is 0.127. The minimum atomic E-state index is -0.909. The first-order valence-corrected chi connectivity index (χ1v) is 5.93. The van der Waals surface area contributed by atoms with Crippen molar-refractivity contribution >= 4 is 23.3 Å². The van der Waals surface area contributed by atoms with Gasteiger partial charge in [0.25, 0.3) is 0 Å². The van der Waals surface area contributed by atoms with E-state index in [-0.39, 0.29) is 6.54 Å². The van der Waals surface area contributed by atoms with E-state index in [4.69, 9.17) is 17.3 Å². The number of aliphatic carboxylic acids is 1. The van der Waals surface area contributed by atoms with Crippen LogP contribution in [-0.2, 0) is 11.3 Å². The molecule has 0 atom stereocenters. The average molecular weight is 264 g/mol. The van der Waals surface area contributed by atoms with Crippen LogP contribution in [0.15, 0.2) is 43.0 Å². The Kier molecular flexibility index (Phi) is 5.87. The molecule has 0 amide bonds. The molecule has 0 bridgehead atoms. The van der Waals surface area contributed by atoms with Gasteiger partial charge in [-0.25, -0.2) is 0 Å². The Bertz CT molecular complexity index is 420. The summed E-state index contributed by atoms with van der Waals surface area (Å²) >= 11 is 5.16. The Morgan fingerprint density at radius 1 is 1.44 bits per heavy atom. The Morgan fingerprint density at radius 3 is 2.67 bits per heavy atom. The van der Waals surface area contributed by atoms with Gasteiger partial charge < -0.3 is 15.3 Å². The molecule has 0 aromatic heterocycles. The number of hydrogen-bond acceptors (Lipinski definition) is 2. The molecular formula is C13H16N2O2S. The molecule has 0 heterocycles. The molecule has 5 heteroatoms. The largest absolute Gasteiger partial charge is 0.480 e. The summed E-state index contributed by atoms with van der Waals surface area (Å²) in [6.07, 6.45) is 1.67. The highest BCUT2D eigenvalue weighted by atomic mass is 32.1. The summed E-state index contributed by atoms with van der Waals surface area (Å²) < 4.78 is 0. The zero-order valence-electron chi connectivity index (χ0n) is 10.0. The monoisotopic (exact) mass is 264 g/mol. The standard InChI is InChI=1S/C13H16N2O2S/c1-2-8-14-13(18)15(10-12(16)17)9-11-6-4-3-5-7-11/h2-7H,1,8-10H2,(H,14,18)(H,16,17). The number of nitrogens with one attached hydrogen (secondary N) is 1. The predicted octanol–water partition coefficient (Wildman–Crippen LogP) is 1.63. The molecule has 2 N–H and O–H groups in total. The third-order valence-corrected chi connectivity index (χ3v) is 2.63. The maximum atomic E-state index is 10.8. The molecule has 18 heavy (non-hydrogen) atoms. The van der Waals surface area contributed by atoms with Crippen molar-refractivity contribution in [3.05, 3.63) is 48.6 Å². The smallest absolute Gasteiger partial charge is 0.323 e. The number of rotatable bonds is 6. The zero-order valence-corrected chi connectivity index (χ0v) is 10.8. The first-order chi connectivity index (χ1) is 8.63. The third-order valence-electron chi connectivity index (χ3n) is 2.23. The lowest BCUT2D eigenvalue weighted by molar-refractivity contribution is -0.137. The molecule has 0 saturated carbocycles. The number of carboxylic acids is 1. The Morgan fingerprint density at radius 2 is 2.11 bits per heavy atom. The number of hydrogen-bond donors (Lipinski definition) is 2. The van der Waals surface area contributed by atoms with Crippen LogP contribution in [0.5, 0.6) is 0 Å². The SMILES string of the molecule is C=CCNC(=S)N(CC(=O)O)Cc1ccccc1. The molecule has 0 radical (unpaired) electrons. The molecular weight excluding hydrogens is 248 g/mol. The van der Waals surface area contributed by atoms with Crippen molar-refractivity contribution in [1.82, 2.24) is 10.2 Å². The van der Waals surface area contributed by atoms with E-state index in [1.165, 1.54) is 0 Å². The first-order valence-electron chi connectivity index (χ1n) is 5.53. The van der Waals surface area contributed by atoms with Crippen molar-refractivity contribution in [2.75, 3.05) is 13.1 Å². The van der Waals surface area contributed by atoms with Crippen molar-refractivity contribution in [2.24, 2.45) is 0 Å². The minimum Gasteiger partial charge on any atom is -0.480 e. The molecule has 0 aliphatic rings. The summed E-state index contributed by atoms with van der Waals surface area (Å²) in [5.41, 5.74) is 1.02. The molecule has 0 aliphatic carbocycles. The Hall–Kier alpha value is -1.88. The van der Waals surface area contributed by atoms with E-state index < -0.39 is 5.97 Å². The van der Waals surface area contributed by atoms with E-state index in [1.807, 2.05) is 30.3 Å². The van der Waals surface area contributed by atoms with Gasteiger partial charge in [0, 0.05) is 13.1 Å². The summed E-state index contributed by atoms with van der Waals surface area (Å²) in [6.45, 7) is 4.44. The van der Waals surface area contributed by atoms with Gasteiger partial charge in [-0.2, -0.15) is 0 Å². The highest BCUT2D eigenvalue weighted by Crippen LogP contribution is 2.04. The number of carbonyl (C=O) groups is 1. The molecule has 96 valence electrons. The van der Waals surface area contributed by atoms with E-state index in [0.717, 1.165) is 5.56 Å². The molecule has 0 spiro atoms. The molecule has 4 nitrogen and oxygen atoms in total. The van der Waals surface area contributed by atoms with E-state index in [2.05, 4.69) is 11.9 Å². The van der Waals surface area contributed by atoms with Gasteiger partial charge in [0.15, 0.2) is 5.11 Å². The number of benzene rings is 1. The quantitative estimate of drug-likeness (QED) is 0.604. The first kappa shape index (κ1) is 14.2. The van der Waals surface area contributed by atoms with Crippen molar-refractivity contribution in [3.63, 3.8) is 0 Å². The summed E-state index contributed by atoms with van der Waals surface area (Å²) in [6, 6.07) is 9.61. The molecule has 0 fully saturated rings. The Labute approximate surface area is 112 Å². The van der Waals surface area contributed by atoms with Gasteiger partial charge in [-0.15, -0.1) is 6.58 Å². The fraction of sp³-hybridized carbons (Fsp3) is 0.231. The molecule has 0 unspecified atom stereocenters. The van der Waals surface area contributed by atoms with Crippen LogP contribution in [-0.4, -0.2) is 34.2 Å². The fourth-order valence-electron chi connectivity index (χ4n) is 1.44. The van der Waals surface area contributed by atoms with Gasteiger partial charge in [-0.1, -0.05) is 36.4 Å². The average Bonchev–Trinajstić information content (AvgIpc) is 2.36. The van der Waals surface area contributed by atoms with Crippen LogP contribution in [0.4, 0.5) is 0 Å². The molecule has 1 rings (SSSR count). The zero-order chi connectivity index (χ0) is 13.4. The summed E-state index contributed by atoms with van der Waals surface area (Å²) in [5.74, 6) is -0.909. The number of nitrogens with zero attached hydrogens (tertiary/aromatic N) is 1. The normalized spacial score (nSPS) is 9.56. The van der Waals surface area contributed by atoms with Gasteiger partial charge in [-0.3, -0.25) is 4.79 Å². The molecule has 0 saturated heterocycles. The number of thiocarbonyl (C=S) groups is 1. The van der Waals surface area contributed by atoms with Gasteiger partial charge in [-0.05, 0) is 17.8 Å². The van der Waals surface area contributed by atoms with E-state index >= 15 is 0 Å². The molecule has 1 aromatic rings. The van der Waals surface area contributed by atoms with Crippen molar-refractivity contribution in [3.8, 4) is 0 Å². The van der Waals surface area contributed by atoms with E-state index in [9.17, 15) is 4.79 Å². The van der Waals surface area contributed by atoms with Gasteiger partial charge in [0.2, 0.25) is 0 Å². The summed E-state index contributed by atoms with van der Waals surface area (Å²) in [4.78, 5) is 12.4. The lowest BCUT2D eigenvalue weighted by Gasteiger charge is -2.23. The fourth-order valence-corrected chi connectivity index (χ4v) is 1.65. The maximum Gasteiger partial charge on any atom is 0.323 e. The van der Waals surface area contributed by atoms with Crippen LogP contribution in [0, 0.1) is 0 Å². The lowest BCUT2D eigenvalue weighted by atomic mass is 10.2. The lowest BCUT2D eigenvalue weighted by Crippen LogP contribution is -2.42. The third kappa shape index (κ3) is 4.97. The van der Waals surface area contributed by atoms with Crippen LogP contribution >= 0.6 is 12.2 Å². The van der Waals surface area contributed by atoms with Crippen LogP contribution in [0.1, 0.15) is 5.56 Å². The highest BCUT2D eigenvalue weighted by molar-refractivity contribution is 7.80. The van der Waals surface area contributed by atoms with Gasteiger partial charge >= 0.3 is 5.97 Å². The molecule has 1 aromatic carbocycles. The van der Waals surface area contributed by atoms with Gasteiger partial charge in [0.1, 0.15) is 6.54 Å². The summed E-state index contributed by atoms with van der Waals surface area (Å²) in [5, 5.41) is 12.2. The van der Waals surface area contributed by atoms with Crippen molar-refractivity contribution in [2.45, 2.75) is 6.54 Å².